The summed E-state index contributed by atoms with van der Waals surface area (Å²) >= 11 is 0. The Morgan fingerprint density at radius 2 is 2.13 bits per heavy atom. The van der Waals surface area contributed by atoms with E-state index in [1.165, 1.54) is 0 Å². The molecule has 0 spiro atoms. The number of fused-ring (bicyclic) bond motifs is 1. The van der Waals surface area contributed by atoms with E-state index in [0.29, 0.717) is 18.7 Å². The van der Waals surface area contributed by atoms with Crippen LogP contribution in [0.4, 0.5) is 5.69 Å². The predicted molar refractivity (Wildman–Crippen MR) is 91.3 cm³/mol. The molecule has 0 saturated heterocycles. The summed E-state index contributed by atoms with van der Waals surface area (Å²) in [6.45, 7) is 7.36. The van der Waals surface area contributed by atoms with Crippen molar-refractivity contribution in [2.24, 2.45) is 0 Å². The second kappa shape index (κ2) is 7.49. The molecule has 1 amide bonds. The fourth-order valence-corrected chi connectivity index (χ4v) is 2.70. The smallest absolute Gasteiger partial charge is 0.241 e. The van der Waals surface area contributed by atoms with Gasteiger partial charge in [0.1, 0.15) is 11.9 Å². The van der Waals surface area contributed by atoms with Crippen LogP contribution in [0.3, 0.4) is 0 Å². The topological polar surface area (TPSA) is 49.9 Å². The summed E-state index contributed by atoms with van der Waals surface area (Å²) in [6, 6.07) is 5.41. The third-order valence-electron chi connectivity index (χ3n) is 4.11. The zero-order chi connectivity index (χ0) is 17.0. The molecule has 126 valence electrons. The van der Waals surface area contributed by atoms with Gasteiger partial charge in [0.2, 0.25) is 5.91 Å². The first kappa shape index (κ1) is 17.3. The van der Waals surface area contributed by atoms with Crippen LogP contribution in [0.1, 0.15) is 44.0 Å². The van der Waals surface area contributed by atoms with Crippen molar-refractivity contribution in [3.05, 3.63) is 23.8 Å². The van der Waals surface area contributed by atoms with E-state index < -0.39 is 0 Å². The molecule has 0 bridgehead atoms. The number of carbonyl (C=O) groups is 2. The van der Waals surface area contributed by atoms with Gasteiger partial charge in [0.25, 0.3) is 0 Å². The van der Waals surface area contributed by atoms with Gasteiger partial charge in [-0.25, -0.2) is 0 Å². The van der Waals surface area contributed by atoms with Gasteiger partial charge in [-0.05, 0) is 38.5 Å². The van der Waals surface area contributed by atoms with E-state index >= 15 is 0 Å². The Kier molecular flexibility index (Phi) is 5.64. The van der Waals surface area contributed by atoms with Gasteiger partial charge in [-0.1, -0.05) is 13.3 Å². The number of likely N-dealkylation sites (N-methyl/N-ethyl adjacent to an activating group) is 1. The zero-order valence-electron chi connectivity index (χ0n) is 14.5. The molecular weight excluding hydrogens is 292 g/mol. The van der Waals surface area contributed by atoms with Gasteiger partial charge in [0.05, 0.1) is 18.8 Å². The number of amides is 1. The molecule has 0 N–H and O–H groups in total. The highest BCUT2D eigenvalue weighted by atomic mass is 16.5. The number of benzene rings is 1. The van der Waals surface area contributed by atoms with Crippen molar-refractivity contribution in [1.82, 2.24) is 4.90 Å². The first-order valence-electron chi connectivity index (χ1n) is 8.23. The summed E-state index contributed by atoms with van der Waals surface area (Å²) in [5.41, 5.74) is 1.46. The molecule has 1 atom stereocenters. The molecular formula is C18H26N2O3. The second-order valence-electron chi connectivity index (χ2n) is 6.22. The highest BCUT2D eigenvalue weighted by molar-refractivity contribution is 5.96. The number of nitrogens with zero attached hydrogens (tertiary/aromatic N) is 2. The van der Waals surface area contributed by atoms with Crippen molar-refractivity contribution in [3.63, 3.8) is 0 Å². The Labute approximate surface area is 138 Å². The molecule has 1 aliphatic heterocycles. The maximum atomic E-state index is 12.4. The Morgan fingerprint density at radius 3 is 2.78 bits per heavy atom. The largest absolute Gasteiger partial charge is 0.487 e. The monoisotopic (exact) mass is 318 g/mol. The first-order chi connectivity index (χ1) is 10.9. The molecule has 23 heavy (non-hydrogen) atoms. The average molecular weight is 318 g/mol. The van der Waals surface area contributed by atoms with Crippen molar-refractivity contribution >= 4 is 17.4 Å². The van der Waals surface area contributed by atoms with Gasteiger partial charge >= 0.3 is 0 Å². The number of carbonyl (C=O) groups excluding carboxylic acids is 2. The molecule has 5 nitrogen and oxygen atoms in total. The number of Topliss-reactive ketones (excluding diaryl/α,β-unsaturated/α-hetero) is 1. The summed E-state index contributed by atoms with van der Waals surface area (Å²) in [7, 11) is 1.84. The van der Waals surface area contributed by atoms with Crippen molar-refractivity contribution in [1.29, 1.82) is 0 Å². The zero-order valence-corrected chi connectivity index (χ0v) is 14.5. The predicted octanol–water partition coefficient (Wildman–Crippen LogP) is 2.74. The second-order valence-corrected chi connectivity index (χ2v) is 6.22. The molecule has 1 aromatic carbocycles. The SMILES string of the molecule is CCCCN(C)C(=O)CN1CC(C)Oc2ccc(C(C)=O)cc21. The molecule has 5 heteroatoms. The number of ether oxygens (including phenoxy) is 1. The third-order valence-corrected chi connectivity index (χ3v) is 4.11. The van der Waals surface area contributed by atoms with Crippen molar-refractivity contribution < 1.29 is 14.3 Å². The molecule has 1 heterocycles. The van der Waals surface area contributed by atoms with Crippen LogP contribution in [0.5, 0.6) is 5.75 Å². The number of hydrogen-bond acceptors (Lipinski definition) is 4. The van der Waals surface area contributed by atoms with E-state index in [1.807, 2.05) is 31.0 Å². The van der Waals surface area contributed by atoms with Gasteiger partial charge in [-0.15, -0.1) is 0 Å². The van der Waals surface area contributed by atoms with Crippen LogP contribution in [0, 0.1) is 0 Å². The van der Waals surface area contributed by atoms with Crippen LogP contribution in [-0.4, -0.2) is 49.4 Å². The number of anilines is 1. The standard InChI is InChI=1S/C18H26N2O3/c1-5-6-9-19(4)18(22)12-20-11-13(2)23-17-8-7-15(14(3)21)10-16(17)20/h7-8,10,13H,5-6,9,11-12H2,1-4H3. The summed E-state index contributed by atoms with van der Waals surface area (Å²) in [6.07, 6.45) is 2.09. The van der Waals surface area contributed by atoms with Crippen molar-refractivity contribution in [3.8, 4) is 5.75 Å². The fourth-order valence-electron chi connectivity index (χ4n) is 2.70. The Balaban J connectivity index is 2.18. The van der Waals surface area contributed by atoms with Crippen LogP contribution >= 0.6 is 0 Å². The Hall–Kier alpha value is -2.04. The number of rotatable bonds is 6. The van der Waals surface area contributed by atoms with Gasteiger partial charge in [0, 0.05) is 19.2 Å². The summed E-state index contributed by atoms with van der Waals surface area (Å²) < 4.78 is 5.83. The van der Waals surface area contributed by atoms with Gasteiger partial charge in [-0.3, -0.25) is 9.59 Å². The molecule has 1 aromatic rings. The molecule has 0 radical (unpaired) electrons. The first-order valence-corrected chi connectivity index (χ1v) is 8.23. The molecule has 1 unspecified atom stereocenters. The third kappa shape index (κ3) is 4.24. The highest BCUT2D eigenvalue weighted by Crippen LogP contribution is 2.34. The lowest BCUT2D eigenvalue weighted by atomic mass is 10.1. The number of hydrogen-bond donors (Lipinski definition) is 0. The quantitative estimate of drug-likeness (QED) is 0.757. The lowest BCUT2D eigenvalue weighted by molar-refractivity contribution is -0.128. The van der Waals surface area contributed by atoms with Crippen LogP contribution in [-0.2, 0) is 4.79 Å². The van der Waals surface area contributed by atoms with E-state index in [2.05, 4.69) is 6.92 Å². The van der Waals surface area contributed by atoms with E-state index in [9.17, 15) is 9.59 Å². The van der Waals surface area contributed by atoms with Crippen molar-refractivity contribution in [2.45, 2.75) is 39.7 Å². The van der Waals surface area contributed by atoms with Gasteiger partial charge < -0.3 is 14.5 Å². The molecule has 0 aromatic heterocycles. The Bertz CT molecular complexity index is 586. The maximum absolute atomic E-state index is 12.4. The van der Waals surface area contributed by atoms with E-state index in [0.717, 1.165) is 30.8 Å². The molecule has 0 aliphatic carbocycles. The number of unbranched alkanes of at least 4 members (excludes halogenated alkanes) is 1. The lowest BCUT2D eigenvalue weighted by Gasteiger charge is -2.35. The summed E-state index contributed by atoms with van der Waals surface area (Å²) in [5.74, 6) is 0.835. The van der Waals surface area contributed by atoms with Crippen LogP contribution in [0.25, 0.3) is 0 Å². The minimum Gasteiger partial charge on any atom is -0.487 e. The molecule has 0 saturated carbocycles. The minimum absolute atomic E-state index is 0.0118. The normalized spacial score (nSPS) is 16.5. The highest BCUT2D eigenvalue weighted by Gasteiger charge is 2.26. The van der Waals surface area contributed by atoms with Crippen LogP contribution in [0.2, 0.25) is 0 Å². The Morgan fingerprint density at radius 1 is 1.39 bits per heavy atom. The average Bonchev–Trinajstić information content (AvgIpc) is 2.51. The molecule has 1 aliphatic rings. The fraction of sp³-hybridized carbons (Fsp3) is 0.556. The van der Waals surface area contributed by atoms with E-state index in [-0.39, 0.29) is 17.8 Å². The maximum Gasteiger partial charge on any atom is 0.241 e. The van der Waals surface area contributed by atoms with Gasteiger partial charge in [-0.2, -0.15) is 0 Å². The van der Waals surface area contributed by atoms with Crippen LogP contribution in [0.15, 0.2) is 18.2 Å². The summed E-state index contributed by atoms with van der Waals surface area (Å²) in [5, 5.41) is 0. The number of ketones is 1. The van der Waals surface area contributed by atoms with Crippen LogP contribution < -0.4 is 9.64 Å². The molecule has 2 rings (SSSR count). The summed E-state index contributed by atoms with van der Waals surface area (Å²) in [4.78, 5) is 27.8. The molecule has 0 fully saturated rings. The van der Waals surface area contributed by atoms with E-state index in [4.69, 9.17) is 4.74 Å². The lowest BCUT2D eigenvalue weighted by Crippen LogP contribution is -2.45. The van der Waals surface area contributed by atoms with E-state index in [1.54, 1.807) is 17.9 Å². The van der Waals surface area contributed by atoms with Gasteiger partial charge in [0.15, 0.2) is 5.78 Å². The minimum atomic E-state index is 0.0118. The van der Waals surface area contributed by atoms with Crippen molar-refractivity contribution in [2.75, 3.05) is 31.6 Å².